The third-order valence-corrected chi connectivity index (χ3v) is 4.62. The monoisotopic (exact) mass is 362 g/mol. The number of nitrogens with one attached hydrogen (secondary N) is 1. The molecule has 2 heterocycles. The molecule has 0 bridgehead atoms. The first-order valence-electron chi connectivity index (χ1n) is 7.28. The van der Waals surface area contributed by atoms with E-state index in [-0.39, 0.29) is 11.6 Å². The number of hydrogen-bond acceptors (Lipinski definition) is 4. The first-order chi connectivity index (χ1) is 11.6. The number of hydrogen-bond donors (Lipinski definition) is 1. The number of benzene rings is 1. The largest absolute Gasteiger partial charge is 0.350 e. The van der Waals surface area contributed by atoms with Crippen LogP contribution in [0.15, 0.2) is 46.6 Å². The lowest BCUT2D eigenvalue weighted by molar-refractivity contribution is 0.0952. The van der Waals surface area contributed by atoms with Crippen LogP contribution in [0, 0.1) is 0 Å². The maximum atomic E-state index is 12.2. The van der Waals surface area contributed by atoms with Crippen molar-refractivity contribution in [1.29, 1.82) is 0 Å². The summed E-state index contributed by atoms with van der Waals surface area (Å²) in [6.07, 6.45) is 0. The second kappa shape index (κ2) is 7.02. The molecule has 8 heteroatoms. The fourth-order valence-electron chi connectivity index (χ4n) is 2.23. The summed E-state index contributed by atoms with van der Waals surface area (Å²) >= 11 is 7.32. The van der Waals surface area contributed by atoms with Crippen LogP contribution in [0.25, 0.3) is 10.7 Å². The van der Waals surface area contributed by atoms with E-state index >= 15 is 0 Å². The summed E-state index contributed by atoms with van der Waals surface area (Å²) in [6.45, 7) is 0.611. The van der Waals surface area contributed by atoms with Gasteiger partial charge in [-0.25, -0.2) is 9.48 Å². The molecule has 0 aliphatic rings. The average Bonchev–Trinajstić information content (AvgIpc) is 3.19. The van der Waals surface area contributed by atoms with E-state index < -0.39 is 0 Å². The van der Waals surface area contributed by atoms with Gasteiger partial charge >= 0.3 is 5.69 Å². The van der Waals surface area contributed by atoms with Gasteiger partial charge in [0.25, 0.3) is 5.91 Å². The molecule has 0 unspecified atom stereocenters. The smallest absolute Gasteiger partial charge is 0.346 e. The Bertz CT molecular complexity index is 897. The topological polar surface area (TPSA) is 68.9 Å². The SMILES string of the molecule is Cn1c(-c2cccs2)nn(CCNC(=O)c2ccc(Cl)cc2)c1=O. The van der Waals surface area contributed by atoms with Gasteiger partial charge in [0.15, 0.2) is 5.82 Å². The third kappa shape index (κ3) is 3.42. The molecule has 0 atom stereocenters. The van der Waals surface area contributed by atoms with Crippen molar-refractivity contribution < 1.29 is 4.79 Å². The molecule has 0 radical (unpaired) electrons. The molecule has 1 aromatic carbocycles. The molecule has 0 saturated carbocycles. The van der Waals surface area contributed by atoms with Crippen molar-refractivity contribution in [3.8, 4) is 10.7 Å². The van der Waals surface area contributed by atoms with E-state index in [1.54, 1.807) is 31.3 Å². The molecule has 0 saturated heterocycles. The van der Waals surface area contributed by atoms with Crippen molar-refractivity contribution in [2.24, 2.45) is 7.05 Å². The lowest BCUT2D eigenvalue weighted by atomic mass is 10.2. The normalized spacial score (nSPS) is 10.8. The van der Waals surface area contributed by atoms with Gasteiger partial charge in [0.1, 0.15) is 0 Å². The first-order valence-corrected chi connectivity index (χ1v) is 8.53. The Morgan fingerprint density at radius 3 is 2.71 bits per heavy atom. The fourth-order valence-corrected chi connectivity index (χ4v) is 3.10. The zero-order valence-electron chi connectivity index (χ0n) is 12.9. The predicted octanol–water partition coefficient (Wildman–Crippen LogP) is 2.39. The summed E-state index contributed by atoms with van der Waals surface area (Å²) < 4.78 is 2.87. The van der Waals surface area contributed by atoms with Crippen LogP contribution >= 0.6 is 22.9 Å². The zero-order chi connectivity index (χ0) is 17.1. The van der Waals surface area contributed by atoms with Crippen molar-refractivity contribution >= 4 is 28.8 Å². The van der Waals surface area contributed by atoms with Crippen LogP contribution in [0.5, 0.6) is 0 Å². The van der Waals surface area contributed by atoms with Gasteiger partial charge in [0.05, 0.1) is 11.4 Å². The highest BCUT2D eigenvalue weighted by atomic mass is 35.5. The highest BCUT2D eigenvalue weighted by Crippen LogP contribution is 2.20. The standard InChI is InChI=1S/C16H15ClN4O2S/c1-20-14(13-3-2-10-24-13)19-21(16(20)23)9-8-18-15(22)11-4-6-12(17)7-5-11/h2-7,10H,8-9H2,1H3,(H,18,22). The van der Waals surface area contributed by atoms with Crippen molar-refractivity contribution in [1.82, 2.24) is 19.7 Å². The lowest BCUT2D eigenvalue weighted by Gasteiger charge is -2.04. The van der Waals surface area contributed by atoms with Crippen LogP contribution in [0.4, 0.5) is 0 Å². The highest BCUT2D eigenvalue weighted by molar-refractivity contribution is 7.13. The van der Waals surface area contributed by atoms with E-state index in [9.17, 15) is 9.59 Å². The minimum atomic E-state index is -0.214. The Kier molecular flexibility index (Phi) is 4.82. The number of carbonyl (C=O) groups excluding carboxylic acids is 1. The van der Waals surface area contributed by atoms with Gasteiger partial charge in [-0.3, -0.25) is 9.36 Å². The molecule has 0 aliphatic carbocycles. The maximum absolute atomic E-state index is 12.2. The number of aromatic nitrogens is 3. The Morgan fingerprint density at radius 1 is 1.29 bits per heavy atom. The van der Waals surface area contributed by atoms with Gasteiger partial charge in [-0.1, -0.05) is 17.7 Å². The molecule has 6 nitrogen and oxygen atoms in total. The number of rotatable bonds is 5. The minimum absolute atomic E-state index is 0.209. The van der Waals surface area contributed by atoms with Crippen LogP contribution in [-0.2, 0) is 13.6 Å². The molecule has 0 aliphatic heterocycles. The van der Waals surface area contributed by atoms with Crippen LogP contribution in [-0.4, -0.2) is 26.8 Å². The first kappa shape index (κ1) is 16.5. The number of nitrogens with zero attached hydrogens (tertiary/aromatic N) is 3. The third-order valence-electron chi connectivity index (χ3n) is 3.50. The Morgan fingerprint density at radius 2 is 2.04 bits per heavy atom. The van der Waals surface area contributed by atoms with Gasteiger partial charge in [-0.15, -0.1) is 16.4 Å². The molecule has 2 aromatic heterocycles. The minimum Gasteiger partial charge on any atom is -0.350 e. The van der Waals surface area contributed by atoms with Crippen LogP contribution in [0.1, 0.15) is 10.4 Å². The molecule has 0 spiro atoms. The predicted molar refractivity (Wildman–Crippen MR) is 94.6 cm³/mol. The van der Waals surface area contributed by atoms with Crippen LogP contribution in [0.3, 0.4) is 0 Å². The number of carbonyl (C=O) groups is 1. The number of amides is 1. The number of thiophene rings is 1. The van der Waals surface area contributed by atoms with E-state index in [0.717, 1.165) is 4.88 Å². The summed E-state index contributed by atoms with van der Waals surface area (Å²) in [5.74, 6) is 0.410. The zero-order valence-corrected chi connectivity index (χ0v) is 14.5. The maximum Gasteiger partial charge on any atom is 0.346 e. The fraction of sp³-hybridized carbons (Fsp3) is 0.188. The summed E-state index contributed by atoms with van der Waals surface area (Å²) in [6, 6.07) is 10.5. The molecule has 0 fully saturated rings. The second-order valence-corrected chi connectivity index (χ2v) is 6.51. The van der Waals surface area contributed by atoms with Crippen LogP contribution < -0.4 is 11.0 Å². The summed E-state index contributed by atoms with van der Waals surface area (Å²) in [4.78, 5) is 25.2. The van der Waals surface area contributed by atoms with Gasteiger partial charge in [-0.2, -0.15) is 0 Å². The molecule has 124 valence electrons. The quantitative estimate of drug-likeness (QED) is 0.757. The summed E-state index contributed by atoms with van der Waals surface area (Å²) in [5, 5.41) is 9.62. The highest BCUT2D eigenvalue weighted by Gasteiger charge is 2.13. The molecule has 1 amide bonds. The Hall–Kier alpha value is -2.38. The van der Waals surface area contributed by atoms with E-state index in [2.05, 4.69) is 10.4 Å². The van der Waals surface area contributed by atoms with E-state index in [1.807, 2.05) is 17.5 Å². The van der Waals surface area contributed by atoms with Crippen molar-refractivity contribution in [2.75, 3.05) is 6.54 Å². The van der Waals surface area contributed by atoms with E-state index in [4.69, 9.17) is 11.6 Å². The van der Waals surface area contributed by atoms with E-state index in [0.29, 0.717) is 29.5 Å². The number of halogens is 1. The Labute approximate surface area is 147 Å². The molecule has 3 aromatic rings. The summed E-state index contributed by atoms with van der Waals surface area (Å²) in [5.41, 5.74) is 0.311. The van der Waals surface area contributed by atoms with E-state index in [1.165, 1.54) is 20.6 Å². The average molecular weight is 363 g/mol. The van der Waals surface area contributed by atoms with Gasteiger partial charge in [0.2, 0.25) is 0 Å². The lowest BCUT2D eigenvalue weighted by Crippen LogP contribution is -2.31. The molecule has 1 N–H and O–H groups in total. The van der Waals surface area contributed by atoms with Gasteiger partial charge in [0, 0.05) is 24.2 Å². The van der Waals surface area contributed by atoms with Crippen molar-refractivity contribution in [2.45, 2.75) is 6.54 Å². The van der Waals surface area contributed by atoms with Crippen LogP contribution in [0.2, 0.25) is 5.02 Å². The van der Waals surface area contributed by atoms with Crippen molar-refractivity contribution in [3.63, 3.8) is 0 Å². The molecule has 3 rings (SSSR count). The second-order valence-electron chi connectivity index (χ2n) is 5.13. The van der Waals surface area contributed by atoms with Gasteiger partial charge in [-0.05, 0) is 35.7 Å². The van der Waals surface area contributed by atoms with Crippen molar-refractivity contribution in [3.05, 3.63) is 62.8 Å². The summed E-state index contributed by atoms with van der Waals surface area (Å²) in [7, 11) is 1.69. The molecular formula is C16H15ClN4O2S. The molecule has 24 heavy (non-hydrogen) atoms. The van der Waals surface area contributed by atoms with Gasteiger partial charge < -0.3 is 5.32 Å². The Balaban J connectivity index is 1.65. The molecular weight excluding hydrogens is 348 g/mol.